The summed E-state index contributed by atoms with van der Waals surface area (Å²) in [4.78, 5) is 5.30. The van der Waals surface area contributed by atoms with Gasteiger partial charge in [-0.05, 0) is 22.0 Å². The van der Waals surface area contributed by atoms with Gasteiger partial charge in [0.2, 0.25) is 0 Å². The molecule has 0 aliphatic carbocycles. The van der Waals surface area contributed by atoms with Crippen LogP contribution >= 0.6 is 51.2 Å². The first-order valence-electron chi connectivity index (χ1n) is 3.87. The van der Waals surface area contributed by atoms with E-state index in [4.69, 9.17) is 0 Å². The number of aliphatic imine (C=N–C) groups is 1. The molecule has 0 aliphatic heterocycles. The summed E-state index contributed by atoms with van der Waals surface area (Å²) >= 11 is 5.13. The van der Waals surface area contributed by atoms with E-state index in [-0.39, 0.29) is 24.0 Å². The van der Waals surface area contributed by atoms with Crippen molar-refractivity contribution < 1.29 is 0 Å². The summed E-state index contributed by atoms with van der Waals surface area (Å²) in [6, 6.07) is 2.10. The Balaban J connectivity index is 0.00000169. The van der Waals surface area contributed by atoms with E-state index in [9.17, 15) is 0 Å². The average molecular weight is 390 g/mol. The minimum Gasteiger partial charge on any atom is -0.359 e. The second kappa shape index (κ2) is 7.47. The molecule has 3 nitrogen and oxygen atoms in total. The highest BCUT2D eigenvalue weighted by Crippen LogP contribution is 2.19. The molecule has 0 atom stereocenters. The molecule has 0 spiro atoms. The van der Waals surface area contributed by atoms with Crippen LogP contribution in [0.25, 0.3) is 0 Å². The van der Waals surface area contributed by atoms with Crippen LogP contribution in [-0.2, 0) is 6.54 Å². The van der Waals surface area contributed by atoms with Crippen molar-refractivity contribution in [3.63, 3.8) is 0 Å². The molecule has 0 aromatic carbocycles. The van der Waals surface area contributed by atoms with Crippen LogP contribution in [0.5, 0.6) is 0 Å². The largest absolute Gasteiger partial charge is 0.359 e. The first-order valence-corrected chi connectivity index (χ1v) is 5.55. The van der Waals surface area contributed by atoms with Gasteiger partial charge in [-0.15, -0.1) is 35.3 Å². The Morgan fingerprint density at radius 1 is 1.64 bits per heavy atom. The van der Waals surface area contributed by atoms with Crippen LogP contribution in [-0.4, -0.2) is 20.1 Å². The van der Waals surface area contributed by atoms with Crippen LogP contribution in [0.2, 0.25) is 0 Å². The first-order chi connectivity index (χ1) is 6.26. The molecule has 0 amide bonds. The predicted molar refractivity (Wildman–Crippen MR) is 76.7 cm³/mol. The van der Waals surface area contributed by atoms with Crippen molar-refractivity contribution >= 4 is 57.2 Å². The van der Waals surface area contributed by atoms with E-state index in [1.54, 1.807) is 18.4 Å². The van der Waals surface area contributed by atoms with E-state index in [0.29, 0.717) is 0 Å². The van der Waals surface area contributed by atoms with Gasteiger partial charge in [0.05, 0.1) is 6.54 Å². The minimum atomic E-state index is 0. The van der Waals surface area contributed by atoms with Crippen LogP contribution in [0.1, 0.15) is 4.88 Å². The second-order valence-corrected chi connectivity index (χ2v) is 4.32. The van der Waals surface area contributed by atoms with E-state index in [0.717, 1.165) is 17.0 Å². The highest BCUT2D eigenvalue weighted by atomic mass is 127. The third-order valence-electron chi connectivity index (χ3n) is 1.51. The summed E-state index contributed by atoms with van der Waals surface area (Å²) in [7, 11) is 3.60. The van der Waals surface area contributed by atoms with Gasteiger partial charge in [-0.1, -0.05) is 0 Å². The molecule has 1 aromatic rings. The molecular weight excluding hydrogens is 377 g/mol. The van der Waals surface area contributed by atoms with Gasteiger partial charge in [0.1, 0.15) is 0 Å². The maximum atomic E-state index is 4.02. The SMILES string of the molecule is CN=C(NC)NCc1cc(Br)cs1.I. The Bertz CT molecular complexity index is 301. The second-order valence-electron chi connectivity index (χ2n) is 2.41. The zero-order valence-electron chi connectivity index (χ0n) is 8.00. The van der Waals surface area contributed by atoms with Crippen molar-refractivity contribution in [2.45, 2.75) is 6.54 Å². The summed E-state index contributed by atoms with van der Waals surface area (Å²) in [6.45, 7) is 0.809. The van der Waals surface area contributed by atoms with Gasteiger partial charge in [-0.2, -0.15) is 0 Å². The molecule has 80 valence electrons. The lowest BCUT2D eigenvalue weighted by Gasteiger charge is -2.06. The Morgan fingerprint density at radius 3 is 2.79 bits per heavy atom. The van der Waals surface area contributed by atoms with Crippen molar-refractivity contribution in [3.05, 3.63) is 20.8 Å². The normalized spacial score (nSPS) is 10.6. The topological polar surface area (TPSA) is 36.4 Å². The average Bonchev–Trinajstić information content (AvgIpc) is 2.53. The maximum absolute atomic E-state index is 4.02. The molecule has 0 fully saturated rings. The van der Waals surface area contributed by atoms with Crippen LogP contribution in [0.15, 0.2) is 20.9 Å². The van der Waals surface area contributed by atoms with Gasteiger partial charge in [0, 0.05) is 28.8 Å². The molecule has 1 rings (SSSR count). The van der Waals surface area contributed by atoms with Crippen molar-refractivity contribution in [1.82, 2.24) is 10.6 Å². The van der Waals surface area contributed by atoms with Crippen molar-refractivity contribution in [2.75, 3.05) is 14.1 Å². The van der Waals surface area contributed by atoms with E-state index < -0.39 is 0 Å². The molecule has 0 bridgehead atoms. The van der Waals surface area contributed by atoms with Gasteiger partial charge in [0.25, 0.3) is 0 Å². The lowest BCUT2D eigenvalue weighted by atomic mass is 10.5. The molecule has 2 N–H and O–H groups in total. The Hall–Kier alpha value is 0.180. The van der Waals surface area contributed by atoms with E-state index in [2.05, 4.69) is 43.0 Å². The molecule has 0 aliphatic rings. The van der Waals surface area contributed by atoms with Gasteiger partial charge < -0.3 is 10.6 Å². The molecule has 0 unspecified atom stereocenters. The summed E-state index contributed by atoms with van der Waals surface area (Å²) in [5, 5.41) is 8.21. The predicted octanol–water partition coefficient (Wildman–Crippen LogP) is 2.42. The number of hydrogen-bond acceptors (Lipinski definition) is 2. The van der Waals surface area contributed by atoms with Crippen LogP contribution in [0.3, 0.4) is 0 Å². The number of nitrogens with one attached hydrogen (secondary N) is 2. The zero-order chi connectivity index (χ0) is 9.68. The minimum absolute atomic E-state index is 0. The van der Waals surface area contributed by atoms with E-state index >= 15 is 0 Å². The van der Waals surface area contributed by atoms with E-state index in [1.165, 1.54) is 4.88 Å². The molecule has 1 heterocycles. The molecule has 0 saturated carbocycles. The van der Waals surface area contributed by atoms with Gasteiger partial charge in [-0.25, -0.2) is 0 Å². The number of thiophene rings is 1. The number of hydrogen-bond donors (Lipinski definition) is 2. The van der Waals surface area contributed by atoms with E-state index in [1.807, 2.05) is 7.05 Å². The summed E-state index contributed by atoms with van der Waals surface area (Å²) in [5.74, 6) is 0.810. The van der Waals surface area contributed by atoms with Gasteiger partial charge >= 0.3 is 0 Å². The third-order valence-corrected chi connectivity index (χ3v) is 3.21. The third kappa shape index (κ3) is 4.61. The number of guanidine groups is 1. The molecule has 0 radical (unpaired) electrons. The number of nitrogens with zero attached hydrogens (tertiary/aromatic N) is 1. The fourth-order valence-corrected chi connectivity index (χ4v) is 2.29. The lowest BCUT2D eigenvalue weighted by molar-refractivity contribution is 0.879. The summed E-state index contributed by atoms with van der Waals surface area (Å²) < 4.78 is 1.13. The molecule has 1 aromatic heterocycles. The quantitative estimate of drug-likeness (QED) is 0.463. The van der Waals surface area contributed by atoms with Crippen molar-refractivity contribution in [1.29, 1.82) is 0 Å². The van der Waals surface area contributed by atoms with Crippen molar-refractivity contribution in [3.8, 4) is 0 Å². The molecular formula is C8H13BrIN3S. The highest BCUT2D eigenvalue weighted by Gasteiger charge is 1.98. The first kappa shape index (κ1) is 14.2. The monoisotopic (exact) mass is 389 g/mol. The van der Waals surface area contributed by atoms with Crippen molar-refractivity contribution in [2.24, 2.45) is 4.99 Å². The smallest absolute Gasteiger partial charge is 0.191 e. The Labute approximate surface area is 114 Å². The van der Waals surface area contributed by atoms with Crippen LogP contribution in [0, 0.1) is 0 Å². The fourth-order valence-electron chi connectivity index (χ4n) is 0.897. The zero-order valence-corrected chi connectivity index (χ0v) is 12.7. The van der Waals surface area contributed by atoms with Crippen LogP contribution in [0.4, 0.5) is 0 Å². The summed E-state index contributed by atoms with van der Waals surface area (Å²) in [6.07, 6.45) is 0. The fraction of sp³-hybridized carbons (Fsp3) is 0.375. The van der Waals surface area contributed by atoms with Gasteiger partial charge in [0.15, 0.2) is 5.96 Å². The highest BCUT2D eigenvalue weighted by molar-refractivity contribution is 14.0. The molecule has 0 saturated heterocycles. The Morgan fingerprint density at radius 2 is 2.36 bits per heavy atom. The Kier molecular flexibility index (Phi) is 7.56. The molecule has 14 heavy (non-hydrogen) atoms. The lowest BCUT2D eigenvalue weighted by Crippen LogP contribution is -2.33. The maximum Gasteiger partial charge on any atom is 0.191 e. The number of rotatable bonds is 2. The number of halogens is 2. The molecule has 6 heteroatoms. The summed E-state index contributed by atoms with van der Waals surface area (Å²) in [5.41, 5.74) is 0. The standard InChI is InChI=1S/C8H12BrN3S.HI/c1-10-8(11-2)12-4-7-3-6(9)5-13-7;/h3,5H,4H2,1-2H3,(H2,10,11,12);1H. The van der Waals surface area contributed by atoms with Crippen LogP contribution < -0.4 is 10.6 Å². The van der Waals surface area contributed by atoms with Gasteiger partial charge in [-0.3, -0.25) is 4.99 Å².